The molecule has 2 unspecified atom stereocenters. The predicted octanol–water partition coefficient (Wildman–Crippen LogP) is 3.03. The van der Waals surface area contributed by atoms with E-state index >= 15 is 0 Å². The number of carbonyl (C=O) groups excluding carboxylic acids is 1. The van der Waals surface area contributed by atoms with Crippen molar-refractivity contribution in [1.82, 2.24) is 14.7 Å². The Balaban J connectivity index is 1.81. The molecule has 4 nitrogen and oxygen atoms in total. The number of alkyl halides is 2. The molecule has 1 aromatic rings. The molecule has 1 saturated carbocycles. The Morgan fingerprint density at radius 1 is 1.35 bits per heavy atom. The lowest BCUT2D eigenvalue weighted by molar-refractivity contribution is -0.132. The van der Waals surface area contributed by atoms with Crippen LogP contribution in [-0.2, 0) is 11.8 Å². The lowest BCUT2D eigenvalue weighted by atomic mass is 9.63. The Hall–Kier alpha value is -1.46. The van der Waals surface area contributed by atoms with Gasteiger partial charge in [-0.2, -0.15) is 5.10 Å². The van der Waals surface area contributed by atoms with E-state index in [0.29, 0.717) is 6.54 Å². The van der Waals surface area contributed by atoms with E-state index in [9.17, 15) is 13.6 Å². The third-order valence-electron chi connectivity index (χ3n) is 6.04. The first-order chi connectivity index (χ1) is 10.8. The Morgan fingerprint density at radius 3 is 2.39 bits per heavy atom. The number of halogens is 2. The predicted molar refractivity (Wildman–Crippen MR) is 83.5 cm³/mol. The Labute approximate surface area is 135 Å². The molecule has 1 aromatic heterocycles. The minimum Gasteiger partial charge on any atom is -0.341 e. The highest BCUT2D eigenvalue weighted by Gasteiger charge is 2.55. The number of aryl methyl sites for hydroxylation is 2. The molecule has 2 heterocycles. The summed E-state index contributed by atoms with van der Waals surface area (Å²) in [5.41, 5.74) is 2.41. The largest absolute Gasteiger partial charge is 0.341 e. The zero-order valence-corrected chi connectivity index (χ0v) is 14.3. The highest BCUT2D eigenvalue weighted by Crippen LogP contribution is 2.53. The van der Waals surface area contributed by atoms with Gasteiger partial charge in [0.15, 0.2) is 0 Å². The second kappa shape index (κ2) is 5.56. The molecule has 1 spiro atoms. The van der Waals surface area contributed by atoms with Crippen LogP contribution in [0.4, 0.5) is 8.78 Å². The zero-order chi connectivity index (χ0) is 16.9. The number of nitrogens with zero attached hydrogens (tertiary/aromatic N) is 3. The topological polar surface area (TPSA) is 38.1 Å². The van der Waals surface area contributed by atoms with Gasteiger partial charge in [0.05, 0.1) is 11.6 Å². The quantitative estimate of drug-likeness (QED) is 0.857. The molecule has 0 radical (unpaired) electrons. The van der Waals surface area contributed by atoms with E-state index in [4.69, 9.17) is 0 Å². The van der Waals surface area contributed by atoms with Gasteiger partial charge in [0.25, 0.3) is 0 Å². The molecule has 2 fully saturated rings. The van der Waals surface area contributed by atoms with Crippen LogP contribution >= 0.6 is 0 Å². The zero-order valence-electron chi connectivity index (χ0n) is 14.3. The first-order valence-electron chi connectivity index (χ1n) is 8.34. The smallest absolute Gasteiger partial charge is 0.243 e. The van der Waals surface area contributed by atoms with E-state index < -0.39 is 12.3 Å². The molecule has 6 heteroatoms. The normalized spacial score (nSPS) is 24.3. The number of hydrogen-bond acceptors (Lipinski definition) is 2. The van der Waals surface area contributed by atoms with Gasteiger partial charge in [-0.1, -0.05) is 6.42 Å². The van der Waals surface area contributed by atoms with Crippen LogP contribution in [0.5, 0.6) is 0 Å². The number of aromatic nitrogens is 2. The molecule has 1 amide bonds. The summed E-state index contributed by atoms with van der Waals surface area (Å²) in [7, 11) is 1.86. The SMILES string of the molecule is Cc1nn(C)c(C)c1C(C)C(=O)N1CC(C(F)F)C2(CCC2)C1. The van der Waals surface area contributed by atoms with Crippen molar-refractivity contribution in [1.29, 1.82) is 0 Å². The Kier molecular flexibility index (Phi) is 3.97. The summed E-state index contributed by atoms with van der Waals surface area (Å²) in [5, 5.41) is 4.37. The van der Waals surface area contributed by atoms with Crippen molar-refractivity contribution >= 4 is 5.91 Å². The molecule has 2 aliphatic rings. The monoisotopic (exact) mass is 325 g/mol. The summed E-state index contributed by atoms with van der Waals surface area (Å²) in [6.07, 6.45) is 0.308. The van der Waals surface area contributed by atoms with Crippen molar-refractivity contribution in [3.8, 4) is 0 Å². The van der Waals surface area contributed by atoms with Crippen molar-refractivity contribution < 1.29 is 13.6 Å². The van der Waals surface area contributed by atoms with Crippen molar-refractivity contribution in [3.05, 3.63) is 17.0 Å². The van der Waals surface area contributed by atoms with Gasteiger partial charge in [-0.25, -0.2) is 8.78 Å². The molecule has 3 rings (SSSR count). The molecule has 0 N–H and O–H groups in total. The summed E-state index contributed by atoms with van der Waals surface area (Å²) < 4.78 is 28.6. The average Bonchev–Trinajstić information content (AvgIpc) is 2.97. The van der Waals surface area contributed by atoms with Crippen LogP contribution in [-0.4, -0.2) is 40.1 Å². The highest BCUT2D eigenvalue weighted by atomic mass is 19.3. The third-order valence-corrected chi connectivity index (χ3v) is 6.04. The van der Waals surface area contributed by atoms with Gasteiger partial charge in [0.1, 0.15) is 0 Å². The van der Waals surface area contributed by atoms with Gasteiger partial charge in [0, 0.05) is 37.3 Å². The summed E-state index contributed by atoms with van der Waals surface area (Å²) in [6.45, 7) is 6.38. The molecule has 1 aliphatic heterocycles. The lowest BCUT2D eigenvalue weighted by Gasteiger charge is -2.42. The van der Waals surface area contributed by atoms with Crippen LogP contribution in [0.2, 0.25) is 0 Å². The van der Waals surface area contributed by atoms with Crippen molar-refractivity contribution in [2.75, 3.05) is 13.1 Å². The van der Waals surface area contributed by atoms with E-state index in [2.05, 4.69) is 5.10 Å². The lowest BCUT2D eigenvalue weighted by Crippen LogP contribution is -2.41. The molecule has 1 aliphatic carbocycles. The fraction of sp³-hybridized carbons (Fsp3) is 0.765. The molecule has 0 aromatic carbocycles. The van der Waals surface area contributed by atoms with Crippen molar-refractivity contribution in [3.63, 3.8) is 0 Å². The second-order valence-corrected chi connectivity index (χ2v) is 7.31. The molecule has 0 bridgehead atoms. The summed E-state index contributed by atoms with van der Waals surface area (Å²) in [6, 6.07) is 0. The van der Waals surface area contributed by atoms with Gasteiger partial charge >= 0.3 is 0 Å². The third kappa shape index (κ3) is 2.46. The van der Waals surface area contributed by atoms with Gasteiger partial charge < -0.3 is 4.90 Å². The van der Waals surface area contributed by atoms with Gasteiger partial charge in [-0.15, -0.1) is 0 Å². The fourth-order valence-electron chi connectivity index (χ4n) is 4.48. The van der Waals surface area contributed by atoms with Crippen LogP contribution in [0.25, 0.3) is 0 Å². The minimum atomic E-state index is -2.34. The van der Waals surface area contributed by atoms with Crippen LogP contribution < -0.4 is 0 Å². The van der Waals surface area contributed by atoms with Crippen molar-refractivity contribution in [2.45, 2.75) is 52.4 Å². The number of amides is 1. The Bertz CT molecular complexity index is 622. The van der Waals surface area contributed by atoms with Crippen molar-refractivity contribution in [2.24, 2.45) is 18.4 Å². The first kappa shape index (κ1) is 16.4. The number of likely N-dealkylation sites (tertiary alicyclic amines) is 1. The van der Waals surface area contributed by atoms with Gasteiger partial charge in [-0.05, 0) is 39.0 Å². The first-order valence-corrected chi connectivity index (χ1v) is 8.34. The molecule has 1 saturated heterocycles. The van der Waals surface area contributed by atoms with Crippen LogP contribution in [0.1, 0.15) is 49.1 Å². The standard InChI is InChI=1S/C17H25F2N3O/c1-10(14-11(2)20-21(4)12(14)3)16(23)22-8-13(15(18)19)17(9-22)6-5-7-17/h10,13,15H,5-9H2,1-4H3. The molecule has 128 valence electrons. The van der Waals surface area contributed by atoms with E-state index in [1.807, 2.05) is 27.8 Å². The van der Waals surface area contributed by atoms with Crippen LogP contribution in [0, 0.1) is 25.2 Å². The van der Waals surface area contributed by atoms with E-state index in [-0.39, 0.29) is 23.8 Å². The van der Waals surface area contributed by atoms with E-state index in [1.54, 1.807) is 9.58 Å². The maximum absolute atomic E-state index is 13.4. The summed E-state index contributed by atoms with van der Waals surface area (Å²) in [4.78, 5) is 14.6. The second-order valence-electron chi connectivity index (χ2n) is 7.31. The molecule has 2 atom stereocenters. The number of rotatable bonds is 3. The van der Waals surface area contributed by atoms with Crippen LogP contribution in [0.3, 0.4) is 0 Å². The van der Waals surface area contributed by atoms with E-state index in [1.165, 1.54) is 0 Å². The average molecular weight is 325 g/mol. The minimum absolute atomic E-state index is 0.0429. The fourth-order valence-corrected chi connectivity index (χ4v) is 4.48. The Morgan fingerprint density at radius 2 is 2.00 bits per heavy atom. The maximum Gasteiger partial charge on any atom is 0.243 e. The maximum atomic E-state index is 13.4. The van der Waals surface area contributed by atoms with Gasteiger partial charge in [-0.3, -0.25) is 9.48 Å². The highest BCUT2D eigenvalue weighted by molar-refractivity contribution is 5.84. The molecular formula is C17H25F2N3O. The molecule has 23 heavy (non-hydrogen) atoms. The molecular weight excluding hydrogens is 300 g/mol. The summed E-state index contributed by atoms with van der Waals surface area (Å²) in [5.74, 6) is -1.04. The van der Waals surface area contributed by atoms with Gasteiger partial charge in [0.2, 0.25) is 12.3 Å². The summed E-state index contributed by atoms with van der Waals surface area (Å²) >= 11 is 0. The van der Waals surface area contributed by atoms with E-state index in [0.717, 1.165) is 36.2 Å². The number of carbonyl (C=O) groups is 1. The number of hydrogen-bond donors (Lipinski definition) is 0. The van der Waals surface area contributed by atoms with Crippen LogP contribution in [0.15, 0.2) is 0 Å².